The first-order valence-corrected chi connectivity index (χ1v) is 4.88. The van der Waals surface area contributed by atoms with E-state index in [1.165, 1.54) is 6.08 Å². The van der Waals surface area contributed by atoms with Crippen LogP contribution in [0.3, 0.4) is 0 Å². The Morgan fingerprint density at radius 3 is 2.80 bits per heavy atom. The lowest BCUT2D eigenvalue weighted by atomic mass is 10.2. The van der Waals surface area contributed by atoms with Crippen molar-refractivity contribution >= 4 is 29.3 Å². The maximum absolute atomic E-state index is 6.00. The summed E-state index contributed by atoms with van der Waals surface area (Å²) in [5.74, 6) is 0.749. The molecule has 0 aliphatic heterocycles. The second kappa shape index (κ2) is 4.04. The summed E-state index contributed by atoms with van der Waals surface area (Å²) >= 11 is 11.9. The molecule has 0 aliphatic carbocycles. The van der Waals surface area contributed by atoms with Gasteiger partial charge in [-0.25, -0.2) is 0 Å². The minimum absolute atomic E-state index is 0.348. The Morgan fingerprint density at radius 2 is 2.13 bits per heavy atom. The van der Waals surface area contributed by atoms with Crippen LogP contribution in [0.25, 0.3) is 17.5 Å². The van der Waals surface area contributed by atoms with Gasteiger partial charge in [-0.05, 0) is 18.2 Å². The first-order chi connectivity index (χ1) is 7.22. The van der Waals surface area contributed by atoms with Gasteiger partial charge in [0, 0.05) is 5.56 Å². The molecule has 2 rings (SSSR count). The molecule has 3 nitrogen and oxygen atoms in total. The van der Waals surface area contributed by atoms with Crippen LogP contribution >= 0.6 is 23.2 Å². The summed E-state index contributed by atoms with van der Waals surface area (Å²) in [5.41, 5.74) is 0.640. The summed E-state index contributed by atoms with van der Waals surface area (Å²) in [4.78, 5) is 4.06. The molecule has 0 aliphatic rings. The Bertz CT molecular complexity index is 508. The molecule has 1 aromatic heterocycles. The Hall–Kier alpha value is -1.32. The molecule has 0 amide bonds. The largest absolute Gasteiger partial charge is 0.334 e. The van der Waals surface area contributed by atoms with Gasteiger partial charge in [0.1, 0.15) is 0 Å². The lowest BCUT2D eigenvalue weighted by Gasteiger charge is -1.99. The molecular formula is C10H6Cl2N2O. The van der Waals surface area contributed by atoms with Crippen LogP contribution in [0.4, 0.5) is 0 Å². The summed E-state index contributed by atoms with van der Waals surface area (Å²) < 4.78 is 4.88. The van der Waals surface area contributed by atoms with Crippen molar-refractivity contribution in [1.29, 1.82) is 0 Å². The van der Waals surface area contributed by atoms with E-state index in [-0.39, 0.29) is 0 Å². The van der Waals surface area contributed by atoms with Crippen molar-refractivity contribution < 1.29 is 4.52 Å². The van der Waals surface area contributed by atoms with Gasteiger partial charge in [-0.3, -0.25) is 0 Å². The van der Waals surface area contributed by atoms with Crippen molar-refractivity contribution in [2.45, 2.75) is 0 Å². The molecule has 76 valence electrons. The quantitative estimate of drug-likeness (QED) is 0.804. The van der Waals surface area contributed by atoms with Crippen molar-refractivity contribution in [2.75, 3.05) is 0 Å². The second-order valence-electron chi connectivity index (χ2n) is 2.76. The maximum atomic E-state index is 6.00. The topological polar surface area (TPSA) is 38.9 Å². The molecule has 15 heavy (non-hydrogen) atoms. The average molecular weight is 241 g/mol. The number of aromatic nitrogens is 2. The monoisotopic (exact) mass is 240 g/mol. The van der Waals surface area contributed by atoms with Gasteiger partial charge >= 0.3 is 0 Å². The SMILES string of the molecule is C=Cc1nc(-c2cccc(Cl)c2Cl)no1. The number of benzene rings is 1. The third-order valence-electron chi connectivity index (χ3n) is 1.81. The van der Waals surface area contributed by atoms with Gasteiger partial charge in [0.05, 0.1) is 10.0 Å². The average Bonchev–Trinajstić information content (AvgIpc) is 2.70. The molecule has 0 spiro atoms. The number of hydrogen-bond acceptors (Lipinski definition) is 3. The highest BCUT2D eigenvalue weighted by atomic mass is 35.5. The van der Waals surface area contributed by atoms with Gasteiger partial charge in [-0.2, -0.15) is 4.98 Å². The molecular weight excluding hydrogens is 235 g/mol. The highest BCUT2D eigenvalue weighted by Gasteiger charge is 2.11. The van der Waals surface area contributed by atoms with Crippen LogP contribution in [0, 0.1) is 0 Å². The minimum atomic E-state index is 0.348. The van der Waals surface area contributed by atoms with Crippen molar-refractivity contribution in [2.24, 2.45) is 0 Å². The summed E-state index contributed by atoms with van der Waals surface area (Å²) in [6, 6.07) is 5.24. The zero-order valence-corrected chi connectivity index (χ0v) is 9.09. The van der Waals surface area contributed by atoms with E-state index in [2.05, 4.69) is 16.7 Å². The van der Waals surface area contributed by atoms with E-state index in [4.69, 9.17) is 27.7 Å². The summed E-state index contributed by atoms with van der Waals surface area (Å²) in [6.45, 7) is 3.52. The van der Waals surface area contributed by atoms with E-state index < -0.39 is 0 Å². The fourth-order valence-corrected chi connectivity index (χ4v) is 1.49. The zero-order chi connectivity index (χ0) is 10.8. The van der Waals surface area contributed by atoms with E-state index >= 15 is 0 Å². The Kier molecular flexibility index (Phi) is 2.75. The van der Waals surface area contributed by atoms with Crippen molar-refractivity contribution in [3.63, 3.8) is 0 Å². The molecule has 1 heterocycles. The fraction of sp³-hybridized carbons (Fsp3) is 0. The number of rotatable bonds is 2. The summed E-state index contributed by atoms with van der Waals surface area (Å²) in [5, 5.41) is 4.63. The maximum Gasteiger partial charge on any atom is 0.250 e. The van der Waals surface area contributed by atoms with E-state index in [9.17, 15) is 0 Å². The van der Waals surface area contributed by atoms with Crippen LogP contribution in [-0.4, -0.2) is 10.1 Å². The van der Waals surface area contributed by atoms with E-state index in [1.807, 2.05) is 0 Å². The van der Waals surface area contributed by atoms with Crippen LogP contribution in [0.15, 0.2) is 29.3 Å². The molecule has 2 aromatic rings. The second-order valence-corrected chi connectivity index (χ2v) is 3.55. The van der Waals surface area contributed by atoms with Gasteiger partial charge in [0.15, 0.2) is 0 Å². The predicted octanol–water partition coefficient (Wildman–Crippen LogP) is 3.69. The molecule has 0 radical (unpaired) electrons. The highest BCUT2D eigenvalue weighted by Crippen LogP contribution is 2.31. The normalized spacial score (nSPS) is 10.3. The molecule has 0 unspecified atom stereocenters. The Balaban J connectivity index is 2.53. The van der Waals surface area contributed by atoms with Crippen LogP contribution in [-0.2, 0) is 0 Å². The zero-order valence-electron chi connectivity index (χ0n) is 7.58. The van der Waals surface area contributed by atoms with Crippen molar-refractivity contribution in [3.05, 3.63) is 40.7 Å². The standard InChI is InChI=1S/C10H6Cl2N2O/c1-2-8-13-10(14-15-8)6-4-3-5-7(11)9(6)12/h2-5H,1H2. The van der Waals surface area contributed by atoms with Crippen molar-refractivity contribution in [1.82, 2.24) is 10.1 Å². The fourth-order valence-electron chi connectivity index (χ4n) is 1.10. The minimum Gasteiger partial charge on any atom is -0.334 e. The number of halogens is 2. The third-order valence-corrected chi connectivity index (χ3v) is 2.63. The van der Waals surface area contributed by atoms with Gasteiger partial charge < -0.3 is 4.52 Å². The van der Waals surface area contributed by atoms with Gasteiger partial charge in [0.2, 0.25) is 11.7 Å². The van der Waals surface area contributed by atoms with Gasteiger partial charge in [-0.1, -0.05) is 41.0 Å². The van der Waals surface area contributed by atoms with E-state index in [0.717, 1.165) is 0 Å². The van der Waals surface area contributed by atoms with Crippen LogP contribution < -0.4 is 0 Å². The lowest BCUT2D eigenvalue weighted by Crippen LogP contribution is -1.82. The Morgan fingerprint density at radius 1 is 1.33 bits per heavy atom. The summed E-state index contributed by atoms with van der Waals surface area (Å²) in [6.07, 6.45) is 1.47. The van der Waals surface area contributed by atoms with Gasteiger partial charge in [-0.15, -0.1) is 0 Å². The third kappa shape index (κ3) is 1.89. The number of hydrogen-bond donors (Lipinski definition) is 0. The van der Waals surface area contributed by atoms with Crippen LogP contribution in [0.5, 0.6) is 0 Å². The van der Waals surface area contributed by atoms with Crippen molar-refractivity contribution in [3.8, 4) is 11.4 Å². The first-order valence-electron chi connectivity index (χ1n) is 4.13. The van der Waals surface area contributed by atoms with E-state index in [0.29, 0.717) is 27.3 Å². The highest BCUT2D eigenvalue weighted by molar-refractivity contribution is 6.43. The van der Waals surface area contributed by atoms with Crippen LogP contribution in [0.1, 0.15) is 5.89 Å². The lowest BCUT2D eigenvalue weighted by molar-refractivity contribution is 0.411. The molecule has 5 heteroatoms. The smallest absolute Gasteiger partial charge is 0.250 e. The summed E-state index contributed by atoms with van der Waals surface area (Å²) in [7, 11) is 0. The molecule has 0 saturated carbocycles. The number of nitrogens with zero attached hydrogens (tertiary/aromatic N) is 2. The Labute approximate surface area is 96.3 Å². The molecule has 0 atom stereocenters. The molecule has 0 fully saturated rings. The molecule has 0 N–H and O–H groups in total. The van der Waals surface area contributed by atoms with Gasteiger partial charge in [0.25, 0.3) is 0 Å². The molecule has 1 aromatic carbocycles. The first kappa shape index (κ1) is 10.2. The molecule has 0 bridgehead atoms. The molecule has 0 saturated heterocycles. The van der Waals surface area contributed by atoms with Crippen LogP contribution in [0.2, 0.25) is 10.0 Å². The van der Waals surface area contributed by atoms with E-state index in [1.54, 1.807) is 18.2 Å². The predicted molar refractivity (Wildman–Crippen MR) is 59.8 cm³/mol.